The molecule has 2 rings (SSSR count). The molecule has 0 amide bonds. The average Bonchev–Trinajstić information content (AvgIpc) is 2.48. The minimum Gasteiger partial charge on any atom is -0.369 e. The Morgan fingerprint density at radius 2 is 2.14 bits per heavy atom. The standard InChI is InChI=1S/C9H9FN4/c1-14-8(5-13-9(14)11)6-2-7(10)4-12-3-6/h2-5H,1H3,(H2,11,13). The molecule has 2 aromatic rings. The first-order chi connectivity index (χ1) is 6.68. The summed E-state index contributed by atoms with van der Waals surface area (Å²) in [5.41, 5.74) is 6.96. The second-order valence-electron chi connectivity index (χ2n) is 2.95. The number of imidazole rings is 1. The molecule has 0 aliphatic heterocycles. The second kappa shape index (κ2) is 3.10. The molecular weight excluding hydrogens is 183 g/mol. The number of hydrogen-bond donors (Lipinski definition) is 1. The van der Waals surface area contributed by atoms with Gasteiger partial charge in [0.05, 0.1) is 18.1 Å². The zero-order valence-electron chi connectivity index (χ0n) is 7.61. The van der Waals surface area contributed by atoms with Crippen molar-refractivity contribution in [2.24, 2.45) is 7.05 Å². The maximum Gasteiger partial charge on any atom is 0.200 e. The Morgan fingerprint density at radius 3 is 2.71 bits per heavy atom. The molecule has 0 aliphatic rings. The molecule has 0 unspecified atom stereocenters. The minimum atomic E-state index is -0.373. The van der Waals surface area contributed by atoms with Crippen molar-refractivity contribution < 1.29 is 4.39 Å². The van der Waals surface area contributed by atoms with Crippen molar-refractivity contribution in [3.63, 3.8) is 0 Å². The Morgan fingerprint density at radius 1 is 1.36 bits per heavy atom. The van der Waals surface area contributed by atoms with Gasteiger partial charge in [-0.15, -0.1) is 0 Å². The van der Waals surface area contributed by atoms with E-state index >= 15 is 0 Å². The first kappa shape index (κ1) is 8.68. The van der Waals surface area contributed by atoms with Crippen LogP contribution in [-0.2, 0) is 7.05 Å². The molecule has 0 saturated carbocycles. The van der Waals surface area contributed by atoms with Gasteiger partial charge in [0.2, 0.25) is 0 Å². The van der Waals surface area contributed by atoms with E-state index in [-0.39, 0.29) is 5.82 Å². The van der Waals surface area contributed by atoms with Crippen LogP contribution in [0.5, 0.6) is 0 Å². The fourth-order valence-corrected chi connectivity index (χ4v) is 1.24. The van der Waals surface area contributed by atoms with Crippen molar-refractivity contribution in [2.45, 2.75) is 0 Å². The largest absolute Gasteiger partial charge is 0.369 e. The van der Waals surface area contributed by atoms with Gasteiger partial charge in [-0.2, -0.15) is 0 Å². The second-order valence-corrected chi connectivity index (χ2v) is 2.95. The van der Waals surface area contributed by atoms with Crippen LogP contribution < -0.4 is 5.73 Å². The van der Waals surface area contributed by atoms with E-state index in [1.165, 1.54) is 6.07 Å². The molecule has 5 heteroatoms. The lowest BCUT2D eigenvalue weighted by atomic mass is 10.2. The number of aromatic nitrogens is 3. The first-order valence-electron chi connectivity index (χ1n) is 4.06. The van der Waals surface area contributed by atoms with Crippen molar-refractivity contribution >= 4 is 5.95 Å². The molecule has 0 fully saturated rings. The van der Waals surface area contributed by atoms with Crippen LogP contribution in [0.4, 0.5) is 10.3 Å². The van der Waals surface area contributed by atoms with Crippen LogP contribution >= 0.6 is 0 Å². The summed E-state index contributed by atoms with van der Waals surface area (Å²) in [4.78, 5) is 7.67. The van der Waals surface area contributed by atoms with Crippen molar-refractivity contribution in [3.05, 3.63) is 30.5 Å². The van der Waals surface area contributed by atoms with Gasteiger partial charge in [-0.1, -0.05) is 0 Å². The van der Waals surface area contributed by atoms with Gasteiger partial charge in [0.25, 0.3) is 0 Å². The normalized spacial score (nSPS) is 10.4. The van der Waals surface area contributed by atoms with E-state index in [0.717, 1.165) is 11.9 Å². The zero-order valence-corrected chi connectivity index (χ0v) is 7.61. The number of pyridine rings is 1. The quantitative estimate of drug-likeness (QED) is 0.738. The van der Waals surface area contributed by atoms with Gasteiger partial charge in [-0.25, -0.2) is 9.37 Å². The summed E-state index contributed by atoms with van der Waals surface area (Å²) in [5, 5.41) is 0. The summed E-state index contributed by atoms with van der Waals surface area (Å²) < 4.78 is 14.5. The van der Waals surface area contributed by atoms with E-state index in [1.807, 2.05) is 0 Å². The maximum atomic E-state index is 12.9. The highest BCUT2D eigenvalue weighted by Crippen LogP contribution is 2.19. The van der Waals surface area contributed by atoms with Crippen LogP contribution in [0.25, 0.3) is 11.3 Å². The fourth-order valence-electron chi connectivity index (χ4n) is 1.24. The lowest BCUT2D eigenvalue weighted by Crippen LogP contribution is -1.98. The molecule has 14 heavy (non-hydrogen) atoms. The summed E-state index contributed by atoms with van der Waals surface area (Å²) in [5.74, 6) is 0.0199. The van der Waals surface area contributed by atoms with Crippen molar-refractivity contribution in [3.8, 4) is 11.3 Å². The fraction of sp³-hybridized carbons (Fsp3) is 0.111. The van der Waals surface area contributed by atoms with E-state index in [4.69, 9.17) is 5.73 Å². The van der Waals surface area contributed by atoms with Gasteiger partial charge < -0.3 is 10.3 Å². The van der Waals surface area contributed by atoms with Gasteiger partial charge in [-0.3, -0.25) is 4.98 Å². The minimum absolute atomic E-state index is 0.373. The van der Waals surface area contributed by atoms with Gasteiger partial charge in [-0.05, 0) is 6.07 Å². The molecule has 2 heterocycles. The number of hydrogen-bond acceptors (Lipinski definition) is 3. The third-order valence-electron chi connectivity index (χ3n) is 2.02. The third kappa shape index (κ3) is 1.32. The Hall–Kier alpha value is -1.91. The zero-order chi connectivity index (χ0) is 10.1. The molecule has 0 atom stereocenters. The molecule has 4 nitrogen and oxygen atoms in total. The molecule has 2 aromatic heterocycles. The smallest absolute Gasteiger partial charge is 0.200 e. The van der Waals surface area contributed by atoms with Crippen molar-refractivity contribution in [1.82, 2.24) is 14.5 Å². The Kier molecular flexibility index (Phi) is 1.92. The summed E-state index contributed by atoms with van der Waals surface area (Å²) in [7, 11) is 1.77. The molecule has 0 saturated heterocycles. The van der Waals surface area contributed by atoms with Crippen LogP contribution in [-0.4, -0.2) is 14.5 Å². The monoisotopic (exact) mass is 192 g/mol. The van der Waals surface area contributed by atoms with Gasteiger partial charge in [0, 0.05) is 18.8 Å². The van der Waals surface area contributed by atoms with Gasteiger partial charge >= 0.3 is 0 Å². The molecule has 2 N–H and O–H groups in total. The predicted octanol–water partition coefficient (Wildman–Crippen LogP) is 1.20. The lowest BCUT2D eigenvalue weighted by Gasteiger charge is -2.02. The number of nitrogens with two attached hydrogens (primary N) is 1. The number of halogens is 1. The first-order valence-corrected chi connectivity index (χ1v) is 4.06. The van der Waals surface area contributed by atoms with Crippen LogP contribution in [0.1, 0.15) is 0 Å². The molecule has 0 bridgehead atoms. The Bertz CT molecular complexity index is 464. The van der Waals surface area contributed by atoms with E-state index in [2.05, 4.69) is 9.97 Å². The highest BCUT2D eigenvalue weighted by Gasteiger charge is 2.06. The Labute approximate surface area is 80.2 Å². The van der Waals surface area contributed by atoms with E-state index in [1.54, 1.807) is 24.0 Å². The van der Waals surface area contributed by atoms with Gasteiger partial charge in [0.15, 0.2) is 5.95 Å². The number of rotatable bonds is 1. The van der Waals surface area contributed by atoms with Crippen molar-refractivity contribution in [1.29, 1.82) is 0 Å². The third-order valence-corrected chi connectivity index (χ3v) is 2.02. The summed E-state index contributed by atoms with van der Waals surface area (Å²) in [6, 6.07) is 1.39. The maximum absolute atomic E-state index is 12.9. The molecule has 0 aliphatic carbocycles. The topological polar surface area (TPSA) is 56.7 Å². The van der Waals surface area contributed by atoms with Crippen LogP contribution in [0.3, 0.4) is 0 Å². The highest BCUT2D eigenvalue weighted by atomic mass is 19.1. The van der Waals surface area contributed by atoms with Gasteiger partial charge in [0.1, 0.15) is 5.82 Å². The lowest BCUT2D eigenvalue weighted by molar-refractivity contribution is 0.622. The average molecular weight is 192 g/mol. The summed E-state index contributed by atoms with van der Waals surface area (Å²) >= 11 is 0. The van der Waals surface area contributed by atoms with E-state index in [9.17, 15) is 4.39 Å². The summed E-state index contributed by atoms with van der Waals surface area (Å²) in [6.07, 6.45) is 4.31. The van der Waals surface area contributed by atoms with E-state index in [0.29, 0.717) is 11.5 Å². The van der Waals surface area contributed by atoms with Crippen LogP contribution in [0.15, 0.2) is 24.7 Å². The SMILES string of the molecule is Cn1c(-c2cncc(F)c2)cnc1N. The molecule has 72 valence electrons. The predicted molar refractivity (Wildman–Crippen MR) is 50.8 cm³/mol. The van der Waals surface area contributed by atoms with Crippen molar-refractivity contribution in [2.75, 3.05) is 5.73 Å². The number of nitrogen functional groups attached to an aromatic ring is 1. The van der Waals surface area contributed by atoms with Crippen LogP contribution in [0, 0.1) is 5.82 Å². The number of anilines is 1. The molecular formula is C9H9FN4. The number of nitrogens with zero attached hydrogens (tertiary/aromatic N) is 3. The molecule has 0 radical (unpaired) electrons. The summed E-state index contributed by atoms with van der Waals surface area (Å²) in [6.45, 7) is 0. The molecule has 0 spiro atoms. The molecule has 0 aromatic carbocycles. The van der Waals surface area contributed by atoms with Crippen LogP contribution in [0.2, 0.25) is 0 Å². The Balaban J connectivity index is 2.55. The highest BCUT2D eigenvalue weighted by molar-refractivity contribution is 5.59. The van der Waals surface area contributed by atoms with E-state index < -0.39 is 0 Å².